The van der Waals surface area contributed by atoms with Crippen LogP contribution in [0, 0.1) is 11.8 Å². The van der Waals surface area contributed by atoms with Gasteiger partial charge < -0.3 is 20.4 Å². The van der Waals surface area contributed by atoms with E-state index < -0.39 is 106 Å². The first kappa shape index (κ1) is 11.6. The van der Waals surface area contributed by atoms with Gasteiger partial charge in [0.15, 0.2) is 17.2 Å². The molecular weight excluding hydrogens is 354 g/mol. The minimum Gasteiger partial charge on any atom is -0.508 e. The Morgan fingerprint density at radius 3 is 2.70 bits per heavy atom. The third-order valence-corrected chi connectivity index (χ3v) is 5.03. The lowest BCUT2D eigenvalue weighted by molar-refractivity contribution is -0.128. The van der Waals surface area contributed by atoms with Crippen molar-refractivity contribution in [3.05, 3.63) is 57.7 Å². The van der Waals surface area contributed by atoms with E-state index in [0.29, 0.717) is 0 Å². The van der Waals surface area contributed by atoms with Crippen molar-refractivity contribution in [1.82, 2.24) is 5.73 Å². The molecule has 0 aromatic carbocycles. The Labute approximate surface area is 161 Å². The number of fused-ring (bicyclic) bond motifs is 3. The molecule has 8 nitrogen and oxygen atoms in total. The van der Waals surface area contributed by atoms with Crippen LogP contribution in [-0.4, -0.2) is 43.5 Å². The van der Waals surface area contributed by atoms with Gasteiger partial charge in [-0.3, -0.25) is 14.4 Å². The number of aliphatic hydroxyl groups excluding tert-OH is 3. The summed E-state index contributed by atoms with van der Waals surface area (Å²) in [6.45, 7) is 0. The lowest BCUT2D eigenvalue weighted by Crippen LogP contribution is -2.52. The zero-order valence-electron chi connectivity index (χ0n) is 19.5. The summed E-state index contributed by atoms with van der Waals surface area (Å²) in [7, 11) is 0. The zero-order valence-corrected chi connectivity index (χ0v) is 13.5. The molecule has 0 aromatic rings. The molecule has 0 bridgehead atoms. The zero-order chi connectivity index (χ0) is 25.0. The van der Waals surface area contributed by atoms with E-state index in [2.05, 4.69) is 0 Å². The first-order valence-electron chi connectivity index (χ1n) is 10.8. The molecule has 0 saturated heterocycles. The molecule has 0 fully saturated rings. The van der Waals surface area contributed by atoms with Gasteiger partial charge in [-0.25, -0.2) is 0 Å². The Bertz CT molecular complexity index is 1260. The average molecular weight is 375 g/mol. The average Bonchev–Trinajstić information content (AvgIpc) is 2.71. The Hall–Kier alpha value is -3.13. The number of carbonyl (C=O) groups is 3. The molecule has 4 aliphatic carbocycles. The maximum atomic E-state index is 12.6. The highest BCUT2D eigenvalue weighted by atomic mass is 16.4. The molecule has 0 spiro atoms. The number of Topliss-reactive ketones (excluding diaryl/α,β-unsaturated/α-hetero) is 1. The standard InChI is InChI=1S/C19H15NO7/c20-18(26)14-11(22)6-9-5-8-4-7-2-1-3-10(21)12(7)15(23)13(8)16(24)19(9,27)17(14)25/h1-3,8-9,23-25,27H,4-6H2/t8?,9?,19-/m0/s1/i1D,2D,3D,6D2,8D. The summed E-state index contributed by atoms with van der Waals surface area (Å²) in [5, 5.41) is 43.4. The summed E-state index contributed by atoms with van der Waals surface area (Å²) >= 11 is 0. The largest absolute Gasteiger partial charge is 0.508 e. The summed E-state index contributed by atoms with van der Waals surface area (Å²) in [5.74, 6) is -13.5. The Morgan fingerprint density at radius 1 is 1.33 bits per heavy atom. The topological polar surface area (TPSA) is 154 Å². The van der Waals surface area contributed by atoms with E-state index in [4.69, 9.17) is 8.22 Å². The van der Waals surface area contributed by atoms with Gasteiger partial charge >= 0.3 is 5.91 Å². The highest BCUT2D eigenvalue weighted by molar-refractivity contribution is 6.20. The van der Waals surface area contributed by atoms with Crippen molar-refractivity contribution < 1.29 is 43.0 Å². The molecule has 3 atom stereocenters. The first-order valence-corrected chi connectivity index (χ1v) is 7.78. The van der Waals surface area contributed by atoms with Crippen molar-refractivity contribution >= 4 is 17.5 Å². The quantitative estimate of drug-likeness (QED) is 0.495. The molecular formula is C19H15NO7. The molecule has 4 rings (SSSR count). The van der Waals surface area contributed by atoms with Crippen LogP contribution >= 0.6 is 0 Å². The number of amides is 1. The molecule has 0 aromatic heterocycles. The van der Waals surface area contributed by atoms with Crippen molar-refractivity contribution in [2.24, 2.45) is 11.8 Å². The van der Waals surface area contributed by atoms with Gasteiger partial charge in [0.05, 0.1) is 9.69 Å². The SMILES string of the molecule is [2H]C1=C([2H])C([2H])=C2CC3([2H])CC4C([2H])([2H])C(=O)C(C([N])=O)=C(O)[C@@]4(O)C(O)=C3C(O)=C2C1=O. The minimum absolute atomic E-state index is 0.316. The van der Waals surface area contributed by atoms with Crippen LogP contribution in [0.4, 0.5) is 0 Å². The van der Waals surface area contributed by atoms with Gasteiger partial charge in [-0.1, -0.05) is 12.1 Å². The molecule has 4 N–H and O–H groups in total. The summed E-state index contributed by atoms with van der Waals surface area (Å²) in [4.78, 5) is 36.6. The molecule has 8 heteroatoms. The van der Waals surface area contributed by atoms with Crippen LogP contribution in [0.2, 0.25) is 0 Å². The van der Waals surface area contributed by atoms with E-state index in [9.17, 15) is 40.5 Å². The Balaban J connectivity index is 2.11. The maximum absolute atomic E-state index is 12.6. The predicted octanol–water partition coefficient (Wildman–Crippen LogP) is 0.827. The van der Waals surface area contributed by atoms with Crippen molar-refractivity contribution in [3.63, 3.8) is 0 Å². The van der Waals surface area contributed by atoms with Crippen LogP contribution in [0.5, 0.6) is 0 Å². The number of ketones is 2. The molecule has 0 heterocycles. The lowest BCUT2D eigenvalue weighted by atomic mass is 9.61. The van der Waals surface area contributed by atoms with Gasteiger partial charge in [-0.2, -0.15) is 0 Å². The van der Waals surface area contributed by atoms with Crippen LogP contribution in [0.25, 0.3) is 0 Å². The fraction of sp³-hybridized carbons (Fsp3) is 0.316. The van der Waals surface area contributed by atoms with Gasteiger partial charge in [0.25, 0.3) is 0 Å². The number of hydrogen-bond acceptors (Lipinski definition) is 7. The molecule has 4 aliphatic rings. The number of allylic oxidation sites excluding steroid dienone is 6. The molecule has 27 heavy (non-hydrogen) atoms. The molecule has 0 aliphatic heterocycles. The van der Waals surface area contributed by atoms with Gasteiger partial charge in [0.1, 0.15) is 22.9 Å². The van der Waals surface area contributed by atoms with Gasteiger partial charge in [0, 0.05) is 22.0 Å². The number of aliphatic hydroxyl groups is 4. The van der Waals surface area contributed by atoms with E-state index in [0.717, 1.165) is 0 Å². The molecule has 1 amide bonds. The summed E-state index contributed by atoms with van der Waals surface area (Å²) in [6, 6.07) is -2.36. The summed E-state index contributed by atoms with van der Waals surface area (Å²) in [5.41, 5.74) is 2.69. The summed E-state index contributed by atoms with van der Waals surface area (Å²) < 4.78 is 48.6. The second-order valence-corrected chi connectivity index (χ2v) is 6.44. The van der Waals surface area contributed by atoms with E-state index >= 15 is 0 Å². The fourth-order valence-corrected chi connectivity index (χ4v) is 3.77. The van der Waals surface area contributed by atoms with Crippen molar-refractivity contribution in [3.8, 4) is 0 Å². The third kappa shape index (κ3) is 2.10. The molecule has 138 valence electrons. The van der Waals surface area contributed by atoms with Gasteiger partial charge in [0.2, 0.25) is 0 Å². The first-order chi connectivity index (χ1) is 15.0. The normalized spacial score (nSPS) is 41.7. The smallest absolute Gasteiger partial charge is 0.302 e. The lowest BCUT2D eigenvalue weighted by Gasteiger charge is -2.46. The van der Waals surface area contributed by atoms with Gasteiger partial charge in [-0.15, -0.1) is 5.73 Å². The van der Waals surface area contributed by atoms with Crippen molar-refractivity contribution in [2.45, 2.75) is 24.8 Å². The Kier molecular flexibility index (Phi) is 2.33. The second kappa shape index (κ2) is 5.43. The van der Waals surface area contributed by atoms with Crippen molar-refractivity contribution in [1.29, 1.82) is 0 Å². The van der Waals surface area contributed by atoms with E-state index in [1.807, 2.05) is 0 Å². The number of carbonyl (C=O) groups excluding carboxylic acids is 3. The van der Waals surface area contributed by atoms with Gasteiger partial charge in [-0.05, 0) is 30.4 Å². The van der Waals surface area contributed by atoms with Crippen LogP contribution in [0.15, 0.2) is 57.7 Å². The summed E-state index contributed by atoms with van der Waals surface area (Å²) in [6.07, 6.45) is -4.68. The number of hydrogen-bond donors (Lipinski definition) is 4. The van der Waals surface area contributed by atoms with E-state index in [-0.39, 0.29) is 5.57 Å². The highest BCUT2D eigenvalue weighted by Gasteiger charge is 2.58. The maximum Gasteiger partial charge on any atom is 0.302 e. The van der Waals surface area contributed by atoms with Crippen LogP contribution in [0.1, 0.15) is 27.4 Å². The number of rotatable bonds is 1. The molecule has 0 saturated carbocycles. The predicted molar refractivity (Wildman–Crippen MR) is 89.1 cm³/mol. The number of nitrogens with zero attached hydrogens (tertiary/aromatic N) is 1. The minimum atomic E-state index is -3.23. The van der Waals surface area contributed by atoms with E-state index in [1.54, 1.807) is 0 Å². The highest BCUT2D eigenvalue weighted by Crippen LogP contribution is 2.54. The molecule has 2 radical (unpaired) electrons. The van der Waals surface area contributed by atoms with Crippen LogP contribution in [-0.2, 0) is 14.4 Å². The van der Waals surface area contributed by atoms with Crippen LogP contribution in [0.3, 0.4) is 0 Å². The fourth-order valence-electron chi connectivity index (χ4n) is 3.77. The van der Waals surface area contributed by atoms with Crippen molar-refractivity contribution in [2.75, 3.05) is 0 Å². The third-order valence-electron chi connectivity index (χ3n) is 5.03. The van der Waals surface area contributed by atoms with Crippen LogP contribution < -0.4 is 5.73 Å². The molecule has 2 unspecified atom stereocenters. The van der Waals surface area contributed by atoms with E-state index in [1.165, 1.54) is 0 Å². The second-order valence-electron chi connectivity index (χ2n) is 6.44. The monoisotopic (exact) mass is 375 g/mol. The Morgan fingerprint density at radius 2 is 2.04 bits per heavy atom.